The van der Waals surface area contributed by atoms with Gasteiger partial charge in [-0.25, -0.2) is 4.98 Å². The van der Waals surface area contributed by atoms with Crippen LogP contribution in [0.15, 0.2) is 42.6 Å². The molecule has 4 saturated carbocycles. The van der Waals surface area contributed by atoms with Gasteiger partial charge >= 0.3 is 6.18 Å². The number of hydrogen-bond donors (Lipinski definition) is 3. The van der Waals surface area contributed by atoms with Crippen molar-refractivity contribution in [3.05, 3.63) is 59.3 Å². The second kappa shape index (κ2) is 12.2. The van der Waals surface area contributed by atoms with Gasteiger partial charge in [0.25, 0.3) is 0 Å². The molecule has 9 nitrogen and oxygen atoms in total. The lowest BCUT2D eigenvalue weighted by atomic mass is 9.47. The summed E-state index contributed by atoms with van der Waals surface area (Å²) in [4.78, 5) is 24.0. The van der Waals surface area contributed by atoms with Crippen LogP contribution in [0.5, 0.6) is 5.75 Å². The molecule has 1 amide bonds. The number of aromatic nitrogens is 2. The molecule has 12 heteroatoms. The number of anilines is 5. The Bertz CT molecular complexity index is 1620. The molecule has 1 saturated heterocycles. The fraction of sp³-hybridized carbons (Fsp3) is 0.514. The number of para-hydroxylation sites is 1. The molecule has 0 radical (unpaired) electrons. The minimum absolute atomic E-state index is 0.00187. The van der Waals surface area contributed by atoms with Crippen molar-refractivity contribution in [1.82, 2.24) is 14.9 Å². The number of methoxy groups -OCH3 is 1. The van der Waals surface area contributed by atoms with Crippen molar-refractivity contribution in [1.29, 1.82) is 0 Å². The maximum Gasteiger partial charge on any atom is 0.421 e. The Hall–Kier alpha value is -4.06. The van der Waals surface area contributed by atoms with Gasteiger partial charge in [0, 0.05) is 42.8 Å². The van der Waals surface area contributed by atoms with Crippen LogP contribution in [0.1, 0.15) is 48.8 Å². The highest BCUT2D eigenvalue weighted by Crippen LogP contribution is 2.61. The summed E-state index contributed by atoms with van der Waals surface area (Å²) < 4.78 is 53.0. The van der Waals surface area contributed by atoms with Gasteiger partial charge < -0.3 is 30.3 Å². The summed E-state index contributed by atoms with van der Waals surface area (Å²) in [6.07, 6.45) is 1.24. The van der Waals surface area contributed by atoms with E-state index in [1.807, 2.05) is 55.1 Å². The van der Waals surface area contributed by atoms with E-state index in [4.69, 9.17) is 9.47 Å². The monoisotopic (exact) mass is 650 g/mol. The number of nitrogens with one attached hydrogen (secondary N) is 3. The van der Waals surface area contributed by atoms with E-state index in [-0.39, 0.29) is 23.2 Å². The third kappa shape index (κ3) is 6.08. The predicted octanol–water partition coefficient (Wildman–Crippen LogP) is 7.07. The Morgan fingerprint density at radius 1 is 1.02 bits per heavy atom. The van der Waals surface area contributed by atoms with Crippen molar-refractivity contribution >= 4 is 34.7 Å². The summed E-state index contributed by atoms with van der Waals surface area (Å²) in [7, 11) is 1.55. The highest BCUT2D eigenvalue weighted by Gasteiger charge is 2.59. The summed E-state index contributed by atoms with van der Waals surface area (Å²) in [5.41, 5.74) is 2.38. The van der Waals surface area contributed by atoms with Crippen LogP contribution < -0.4 is 20.7 Å². The quantitative estimate of drug-likeness (QED) is 0.238. The van der Waals surface area contributed by atoms with Crippen LogP contribution in [0.3, 0.4) is 0 Å². The van der Waals surface area contributed by atoms with Crippen LogP contribution >= 0.6 is 0 Å². The summed E-state index contributed by atoms with van der Waals surface area (Å²) in [6.45, 7) is 6.26. The van der Waals surface area contributed by atoms with Crippen LogP contribution in [-0.2, 0) is 15.7 Å². The maximum atomic E-state index is 13.9. The minimum atomic E-state index is -4.64. The predicted molar refractivity (Wildman–Crippen MR) is 173 cm³/mol. The van der Waals surface area contributed by atoms with E-state index >= 15 is 0 Å². The van der Waals surface area contributed by atoms with Gasteiger partial charge in [0.1, 0.15) is 17.1 Å². The molecule has 47 heavy (non-hydrogen) atoms. The zero-order chi connectivity index (χ0) is 32.9. The molecule has 8 rings (SSSR count). The molecule has 3 N–H and O–H groups in total. The first-order valence-electron chi connectivity index (χ1n) is 16.4. The molecular formula is C35H41F3N6O3. The first kappa shape index (κ1) is 31.5. The van der Waals surface area contributed by atoms with Crippen LogP contribution in [0.4, 0.5) is 42.0 Å². The molecule has 250 valence electrons. The number of ether oxygens (including phenoxy) is 2. The van der Waals surface area contributed by atoms with Crippen LogP contribution in [0, 0.1) is 37.0 Å². The molecular weight excluding hydrogens is 609 g/mol. The molecule has 1 aromatic heterocycles. The van der Waals surface area contributed by atoms with E-state index in [0.29, 0.717) is 67.1 Å². The van der Waals surface area contributed by atoms with E-state index in [2.05, 4.69) is 25.9 Å². The molecule has 2 heterocycles. The Labute approximate surface area is 272 Å². The largest absolute Gasteiger partial charge is 0.494 e. The molecule has 1 aliphatic heterocycles. The molecule has 5 fully saturated rings. The Balaban J connectivity index is 1.08. The lowest BCUT2D eigenvalue weighted by Gasteiger charge is -2.60. The Morgan fingerprint density at radius 2 is 1.72 bits per heavy atom. The fourth-order valence-corrected chi connectivity index (χ4v) is 8.70. The van der Waals surface area contributed by atoms with Crippen molar-refractivity contribution in [2.75, 3.05) is 49.4 Å². The summed E-state index contributed by atoms with van der Waals surface area (Å²) in [5, 5.41) is 9.73. The number of morpholine rings is 1. The first-order valence-corrected chi connectivity index (χ1v) is 16.4. The van der Waals surface area contributed by atoms with E-state index in [0.717, 1.165) is 55.1 Å². The SMILES string of the molecule is COc1cc(NC2C3CC4CC2CC(C(=O)N2CCOCC2)(C4)C3)ccc1Nc1ncc(C(F)(F)F)c(Nc2c(C)cccc2C)n1. The number of rotatable bonds is 8. The van der Waals surface area contributed by atoms with Gasteiger partial charge in [-0.1, -0.05) is 18.2 Å². The molecule has 2 aromatic carbocycles. The van der Waals surface area contributed by atoms with E-state index in [1.165, 1.54) is 0 Å². The number of halogens is 3. The fourth-order valence-electron chi connectivity index (χ4n) is 8.70. The third-order valence-electron chi connectivity index (χ3n) is 10.6. The van der Waals surface area contributed by atoms with E-state index in [9.17, 15) is 18.0 Å². The number of benzene rings is 2. The number of carbonyl (C=O) groups excluding carboxylic acids is 1. The van der Waals surface area contributed by atoms with Gasteiger partial charge in [-0.2, -0.15) is 18.2 Å². The van der Waals surface area contributed by atoms with Crippen LogP contribution in [-0.4, -0.2) is 60.2 Å². The second-order valence-electron chi connectivity index (χ2n) is 13.7. The van der Waals surface area contributed by atoms with Crippen molar-refractivity contribution < 1.29 is 27.4 Å². The van der Waals surface area contributed by atoms with Crippen molar-refractivity contribution in [3.63, 3.8) is 0 Å². The van der Waals surface area contributed by atoms with Crippen LogP contribution in [0.25, 0.3) is 0 Å². The molecule has 2 unspecified atom stereocenters. The number of hydrogen-bond acceptors (Lipinski definition) is 8. The molecule has 4 bridgehead atoms. The van der Waals surface area contributed by atoms with E-state index < -0.39 is 11.7 Å². The molecule has 4 aliphatic carbocycles. The normalized spacial score (nSPS) is 26.6. The third-order valence-corrected chi connectivity index (χ3v) is 10.6. The number of carbonyl (C=O) groups is 1. The zero-order valence-electron chi connectivity index (χ0n) is 26.9. The first-order chi connectivity index (χ1) is 22.5. The smallest absolute Gasteiger partial charge is 0.421 e. The molecule has 2 atom stereocenters. The molecule has 3 aromatic rings. The number of amides is 1. The highest BCUT2D eigenvalue weighted by molar-refractivity contribution is 5.83. The van der Waals surface area contributed by atoms with Crippen molar-refractivity contribution in [2.24, 2.45) is 23.2 Å². The van der Waals surface area contributed by atoms with Gasteiger partial charge in [-0.3, -0.25) is 4.79 Å². The van der Waals surface area contributed by atoms with Crippen LogP contribution in [0.2, 0.25) is 0 Å². The van der Waals surface area contributed by atoms with Gasteiger partial charge in [0.2, 0.25) is 11.9 Å². The average molecular weight is 651 g/mol. The average Bonchev–Trinajstić information content (AvgIpc) is 3.04. The van der Waals surface area contributed by atoms with Gasteiger partial charge in [-0.05, 0) is 87.0 Å². The van der Waals surface area contributed by atoms with Crippen molar-refractivity contribution in [3.8, 4) is 5.75 Å². The number of aryl methyl sites for hydroxylation is 2. The Kier molecular flexibility index (Phi) is 8.18. The van der Waals surface area contributed by atoms with Crippen molar-refractivity contribution in [2.45, 2.75) is 58.2 Å². The topological polar surface area (TPSA) is 101 Å². The lowest BCUT2D eigenvalue weighted by Crippen LogP contribution is -2.61. The number of alkyl halides is 3. The maximum absolute atomic E-state index is 13.9. The van der Waals surface area contributed by atoms with Gasteiger partial charge in [-0.15, -0.1) is 0 Å². The summed E-state index contributed by atoms with van der Waals surface area (Å²) >= 11 is 0. The summed E-state index contributed by atoms with van der Waals surface area (Å²) in [6, 6.07) is 11.4. The highest BCUT2D eigenvalue weighted by atomic mass is 19.4. The second-order valence-corrected chi connectivity index (χ2v) is 13.7. The zero-order valence-corrected chi connectivity index (χ0v) is 26.9. The summed E-state index contributed by atoms with van der Waals surface area (Å²) in [5.74, 6) is 1.92. The lowest BCUT2D eigenvalue weighted by molar-refractivity contribution is -0.162. The van der Waals surface area contributed by atoms with Gasteiger partial charge in [0.15, 0.2) is 0 Å². The number of nitrogens with zero attached hydrogens (tertiary/aromatic N) is 3. The minimum Gasteiger partial charge on any atom is -0.494 e. The Morgan fingerprint density at radius 3 is 2.38 bits per heavy atom. The van der Waals surface area contributed by atoms with Gasteiger partial charge in [0.05, 0.1) is 31.4 Å². The molecule has 0 spiro atoms. The molecule has 5 aliphatic rings. The standard InChI is InChI=1S/C35H41F3N6O3/c1-20-5-4-6-21(2)29(20)42-31-26(35(36,37)38)19-39-33(43-31)41-27-8-7-25(15-28(27)46-3)40-30-23-13-22-14-24(30)18-34(16-22,17-23)32(45)44-9-11-47-12-10-44/h4-8,15,19,22-24,30,40H,9-14,16-18H2,1-3H3,(H2,39,41,42,43). The van der Waals surface area contributed by atoms with E-state index in [1.54, 1.807) is 7.11 Å².